The van der Waals surface area contributed by atoms with Gasteiger partial charge in [-0.15, -0.1) is 0 Å². The summed E-state index contributed by atoms with van der Waals surface area (Å²) in [4.78, 5) is 11.7. The molecule has 1 atom stereocenters. The molecule has 3 heteroatoms. The second-order valence-electron chi connectivity index (χ2n) is 6.71. The van der Waals surface area contributed by atoms with Gasteiger partial charge in [-0.05, 0) is 51.2 Å². The number of hydrogen-bond acceptors (Lipinski definition) is 2. The maximum absolute atomic E-state index is 11.7. The van der Waals surface area contributed by atoms with Crippen molar-refractivity contribution in [2.75, 3.05) is 6.54 Å². The average molecular weight is 274 g/mol. The molecule has 3 nitrogen and oxygen atoms in total. The molecule has 110 valence electrons. The van der Waals surface area contributed by atoms with Crippen molar-refractivity contribution in [1.29, 1.82) is 0 Å². The molecule has 1 aliphatic carbocycles. The molecule has 1 unspecified atom stereocenters. The number of nitrogens with one attached hydrogen (secondary N) is 2. The highest BCUT2D eigenvalue weighted by molar-refractivity contribution is 5.76. The Kier molecular flexibility index (Phi) is 4.81. The van der Waals surface area contributed by atoms with Crippen LogP contribution >= 0.6 is 0 Å². The van der Waals surface area contributed by atoms with Crippen molar-refractivity contribution in [1.82, 2.24) is 10.6 Å². The first-order valence-corrected chi connectivity index (χ1v) is 7.55. The molecule has 1 amide bonds. The van der Waals surface area contributed by atoms with Crippen molar-refractivity contribution < 1.29 is 4.79 Å². The van der Waals surface area contributed by atoms with Gasteiger partial charge in [0.05, 0.1) is 0 Å². The van der Waals surface area contributed by atoms with Crippen molar-refractivity contribution in [3.8, 4) is 0 Å². The van der Waals surface area contributed by atoms with Crippen LogP contribution in [0.5, 0.6) is 0 Å². The number of hydrogen-bond donors (Lipinski definition) is 2. The molecule has 1 aliphatic rings. The number of aryl methyl sites for hydroxylation is 1. The van der Waals surface area contributed by atoms with E-state index >= 15 is 0 Å². The third-order valence-electron chi connectivity index (χ3n) is 3.65. The normalized spacial score (nSPS) is 18.4. The van der Waals surface area contributed by atoms with Crippen LogP contribution in [-0.2, 0) is 17.6 Å². The van der Waals surface area contributed by atoms with E-state index in [0.717, 1.165) is 25.8 Å². The van der Waals surface area contributed by atoms with E-state index < -0.39 is 0 Å². The summed E-state index contributed by atoms with van der Waals surface area (Å²) in [5, 5.41) is 6.51. The van der Waals surface area contributed by atoms with Gasteiger partial charge in [0.1, 0.15) is 0 Å². The second-order valence-corrected chi connectivity index (χ2v) is 6.71. The summed E-state index contributed by atoms with van der Waals surface area (Å²) < 4.78 is 0. The molecule has 0 bridgehead atoms. The molecule has 0 spiro atoms. The Morgan fingerprint density at radius 2 is 1.95 bits per heavy atom. The van der Waals surface area contributed by atoms with Crippen molar-refractivity contribution in [2.45, 2.75) is 58.0 Å². The number of rotatable bonds is 4. The highest BCUT2D eigenvalue weighted by atomic mass is 16.1. The average Bonchev–Trinajstić information content (AvgIpc) is 2.36. The van der Waals surface area contributed by atoms with E-state index in [4.69, 9.17) is 0 Å². The zero-order chi connectivity index (χ0) is 14.6. The van der Waals surface area contributed by atoms with E-state index in [0.29, 0.717) is 12.5 Å². The molecule has 0 saturated heterocycles. The van der Waals surface area contributed by atoms with Crippen LogP contribution in [0.4, 0.5) is 0 Å². The predicted octanol–water partition coefficient (Wildman–Crippen LogP) is 2.44. The maximum Gasteiger partial charge on any atom is 0.221 e. The van der Waals surface area contributed by atoms with Crippen molar-refractivity contribution in [3.05, 3.63) is 35.4 Å². The van der Waals surface area contributed by atoms with Crippen LogP contribution in [0.1, 0.15) is 44.7 Å². The van der Waals surface area contributed by atoms with E-state index in [1.165, 1.54) is 11.1 Å². The van der Waals surface area contributed by atoms with Gasteiger partial charge in [0.15, 0.2) is 0 Å². The Labute approximate surface area is 122 Å². The smallest absolute Gasteiger partial charge is 0.221 e. The Hall–Kier alpha value is -1.35. The summed E-state index contributed by atoms with van der Waals surface area (Å²) in [6, 6.07) is 9.17. The molecule has 0 radical (unpaired) electrons. The van der Waals surface area contributed by atoms with Gasteiger partial charge in [-0.25, -0.2) is 0 Å². The summed E-state index contributed by atoms with van der Waals surface area (Å²) >= 11 is 0. The first-order valence-electron chi connectivity index (χ1n) is 7.55. The van der Waals surface area contributed by atoms with Gasteiger partial charge >= 0.3 is 0 Å². The summed E-state index contributed by atoms with van der Waals surface area (Å²) in [5.74, 6) is 0.126. The molecule has 0 aromatic heterocycles. The van der Waals surface area contributed by atoms with Crippen LogP contribution in [0.25, 0.3) is 0 Å². The lowest BCUT2D eigenvalue weighted by atomic mass is 9.88. The van der Waals surface area contributed by atoms with Crippen LogP contribution in [0.2, 0.25) is 0 Å². The molecule has 2 N–H and O–H groups in total. The van der Waals surface area contributed by atoms with Gasteiger partial charge in [0.2, 0.25) is 5.91 Å². The monoisotopic (exact) mass is 274 g/mol. The van der Waals surface area contributed by atoms with E-state index in [2.05, 4.69) is 34.9 Å². The minimum atomic E-state index is -0.138. The lowest BCUT2D eigenvalue weighted by molar-refractivity contribution is -0.122. The Balaban J connectivity index is 1.73. The number of benzene rings is 1. The van der Waals surface area contributed by atoms with Gasteiger partial charge in [0.25, 0.3) is 0 Å². The molecule has 0 aliphatic heterocycles. The Bertz CT molecular complexity index is 462. The largest absolute Gasteiger partial charge is 0.351 e. The van der Waals surface area contributed by atoms with Gasteiger partial charge in [0, 0.05) is 24.5 Å². The molecule has 2 rings (SSSR count). The first kappa shape index (κ1) is 15.0. The first-order chi connectivity index (χ1) is 9.44. The van der Waals surface area contributed by atoms with Crippen molar-refractivity contribution in [3.63, 3.8) is 0 Å². The van der Waals surface area contributed by atoms with Crippen molar-refractivity contribution in [2.24, 2.45) is 0 Å². The quantitative estimate of drug-likeness (QED) is 0.885. The minimum absolute atomic E-state index is 0.126. The number of carbonyl (C=O) groups is 1. The van der Waals surface area contributed by atoms with Crippen molar-refractivity contribution >= 4 is 5.91 Å². The van der Waals surface area contributed by atoms with E-state index in [1.807, 2.05) is 20.8 Å². The van der Waals surface area contributed by atoms with Gasteiger partial charge in [-0.1, -0.05) is 24.3 Å². The molecule has 1 aromatic carbocycles. The van der Waals surface area contributed by atoms with Gasteiger partial charge < -0.3 is 10.6 Å². The fourth-order valence-electron chi connectivity index (χ4n) is 2.74. The summed E-state index contributed by atoms with van der Waals surface area (Å²) in [7, 11) is 0. The van der Waals surface area contributed by atoms with Gasteiger partial charge in [-0.2, -0.15) is 0 Å². The standard InChI is InChI=1S/C17H26N2O/c1-17(2,3)19-16(20)10-11-18-15-9-8-13-6-4-5-7-14(13)12-15/h4-7,15,18H,8-12H2,1-3H3,(H,19,20). The molecular weight excluding hydrogens is 248 g/mol. The topological polar surface area (TPSA) is 41.1 Å². The van der Waals surface area contributed by atoms with Crippen LogP contribution in [0.3, 0.4) is 0 Å². The summed E-state index contributed by atoms with van der Waals surface area (Å²) in [6.45, 7) is 6.79. The second kappa shape index (κ2) is 6.40. The number of amides is 1. The van der Waals surface area contributed by atoms with E-state index in [1.54, 1.807) is 0 Å². The maximum atomic E-state index is 11.7. The third-order valence-corrected chi connectivity index (χ3v) is 3.65. The van der Waals surface area contributed by atoms with Crippen LogP contribution in [0.15, 0.2) is 24.3 Å². The van der Waals surface area contributed by atoms with Crippen LogP contribution in [0, 0.1) is 0 Å². The number of fused-ring (bicyclic) bond motifs is 1. The van der Waals surface area contributed by atoms with Crippen LogP contribution in [-0.4, -0.2) is 24.0 Å². The molecule has 0 saturated carbocycles. The fraction of sp³-hybridized carbons (Fsp3) is 0.588. The highest BCUT2D eigenvalue weighted by Crippen LogP contribution is 2.20. The predicted molar refractivity (Wildman–Crippen MR) is 82.8 cm³/mol. The molecule has 20 heavy (non-hydrogen) atoms. The third kappa shape index (κ3) is 4.64. The number of carbonyl (C=O) groups excluding carboxylic acids is 1. The Morgan fingerprint density at radius 1 is 1.25 bits per heavy atom. The zero-order valence-corrected chi connectivity index (χ0v) is 12.8. The summed E-state index contributed by atoms with van der Waals surface area (Å²) in [6.07, 6.45) is 3.94. The highest BCUT2D eigenvalue weighted by Gasteiger charge is 2.18. The molecule has 0 heterocycles. The van der Waals surface area contributed by atoms with Crippen LogP contribution < -0.4 is 10.6 Å². The summed E-state index contributed by atoms with van der Waals surface area (Å²) in [5.41, 5.74) is 2.80. The molecule has 0 fully saturated rings. The SMILES string of the molecule is CC(C)(C)NC(=O)CCNC1CCc2ccccc2C1. The van der Waals surface area contributed by atoms with E-state index in [-0.39, 0.29) is 11.4 Å². The molecule has 1 aromatic rings. The lowest BCUT2D eigenvalue weighted by Gasteiger charge is -2.26. The zero-order valence-electron chi connectivity index (χ0n) is 12.8. The lowest BCUT2D eigenvalue weighted by Crippen LogP contribution is -2.43. The molecular formula is C17H26N2O. The Morgan fingerprint density at radius 3 is 2.65 bits per heavy atom. The van der Waals surface area contributed by atoms with Gasteiger partial charge in [-0.3, -0.25) is 4.79 Å². The fourth-order valence-corrected chi connectivity index (χ4v) is 2.74. The minimum Gasteiger partial charge on any atom is -0.351 e. The van der Waals surface area contributed by atoms with E-state index in [9.17, 15) is 4.79 Å².